The van der Waals surface area contributed by atoms with E-state index in [9.17, 15) is 15.0 Å². The highest BCUT2D eigenvalue weighted by molar-refractivity contribution is 9.10. The lowest BCUT2D eigenvalue weighted by atomic mass is 10.2. The van der Waals surface area contributed by atoms with Gasteiger partial charge in [-0.05, 0) is 18.2 Å². The van der Waals surface area contributed by atoms with Crippen LogP contribution in [0.4, 0.5) is 0 Å². The predicted octanol–water partition coefficient (Wildman–Crippen LogP) is -1.22. The molecule has 92 valence electrons. The van der Waals surface area contributed by atoms with Crippen molar-refractivity contribution in [1.29, 1.82) is 0 Å². The second-order valence-electron chi connectivity index (χ2n) is 3.66. The molecule has 7 N–H and O–H groups in total. The Morgan fingerprint density at radius 2 is 2.00 bits per heavy atom. The number of amides is 1. The molecule has 0 fully saturated rings. The molecule has 2 atom stereocenters. The second-order valence-corrected chi connectivity index (χ2v) is 4.58. The molecule has 0 radical (unpaired) electrons. The van der Waals surface area contributed by atoms with E-state index in [4.69, 9.17) is 16.2 Å². The van der Waals surface area contributed by atoms with Crippen molar-refractivity contribution in [1.82, 2.24) is 5.32 Å². The van der Waals surface area contributed by atoms with Crippen molar-refractivity contribution in [2.45, 2.75) is 11.8 Å². The Balaban J connectivity index is 2.56. The summed E-state index contributed by atoms with van der Waals surface area (Å²) >= 11 is 3.18. The van der Waals surface area contributed by atoms with Gasteiger partial charge in [0, 0.05) is 4.47 Å². The molecule has 0 saturated heterocycles. The van der Waals surface area contributed by atoms with Gasteiger partial charge in [0.1, 0.15) is 5.75 Å². The van der Waals surface area contributed by atoms with Crippen LogP contribution in [-0.4, -0.2) is 27.9 Å². The molecular weight excluding hydrogens is 294 g/mol. The Morgan fingerprint density at radius 3 is 2.65 bits per heavy atom. The van der Waals surface area contributed by atoms with Crippen molar-refractivity contribution in [3.63, 3.8) is 0 Å². The van der Waals surface area contributed by atoms with Crippen LogP contribution < -0.4 is 21.5 Å². The highest BCUT2D eigenvalue weighted by atomic mass is 79.9. The number of carbonyl (C=O) groups excluding carboxylic acids is 1. The maximum atomic E-state index is 11.7. The number of halogens is 1. The first-order chi connectivity index (χ1) is 7.73. The Kier molecular flexibility index (Phi) is 2.64. The first-order valence-corrected chi connectivity index (χ1v) is 5.36. The lowest BCUT2D eigenvalue weighted by molar-refractivity contribution is -0.258. The molecule has 0 bridgehead atoms. The Hall–Kier alpha value is -1.19. The second kappa shape index (κ2) is 3.65. The van der Waals surface area contributed by atoms with E-state index >= 15 is 0 Å². The summed E-state index contributed by atoms with van der Waals surface area (Å²) < 4.78 is 5.56. The molecule has 2 rings (SSSR count). The lowest BCUT2D eigenvalue weighted by Gasteiger charge is -2.34. The maximum absolute atomic E-state index is 11.7. The van der Waals surface area contributed by atoms with Gasteiger partial charge < -0.3 is 20.3 Å². The molecular formula is C9H10BrN3O4. The molecule has 8 heteroatoms. The summed E-state index contributed by atoms with van der Waals surface area (Å²) in [5, 5.41) is 21.3. The van der Waals surface area contributed by atoms with Crippen molar-refractivity contribution in [3.05, 3.63) is 28.2 Å². The van der Waals surface area contributed by atoms with Crippen LogP contribution in [0.15, 0.2) is 22.7 Å². The number of nitrogens with two attached hydrogens (primary N) is 2. The van der Waals surface area contributed by atoms with Crippen LogP contribution in [0.2, 0.25) is 0 Å². The van der Waals surface area contributed by atoms with Gasteiger partial charge in [0.25, 0.3) is 11.8 Å². The van der Waals surface area contributed by atoms with E-state index in [-0.39, 0.29) is 11.3 Å². The maximum Gasteiger partial charge on any atom is 0.330 e. The number of ether oxygens (including phenoxy) is 1. The van der Waals surface area contributed by atoms with Gasteiger partial charge in [-0.25, -0.2) is 0 Å². The number of fused-ring (bicyclic) bond motifs is 1. The molecule has 1 aromatic rings. The van der Waals surface area contributed by atoms with E-state index in [0.29, 0.717) is 4.47 Å². The summed E-state index contributed by atoms with van der Waals surface area (Å²) in [5.74, 6) is -5.94. The van der Waals surface area contributed by atoms with E-state index in [0.717, 1.165) is 0 Å². The van der Waals surface area contributed by atoms with Crippen molar-refractivity contribution in [2.24, 2.45) is 11.5 Å². The minimum absolute atomic E-state index is 0.0112. The lowest BCUT2D eigenvalue weighted by Crippen LogP contribution is -2.75. The first kappa shape index (κ1) is 12.3. The predicted molar refractivity (Wildman–Crippen MR) is 60.5 cm³/mol. The minimum Gasteiger partial charge on any atom is -0.443 e. The Morgan fingerprint density at radius 1 is 1.35 bits per heavy atom. The smallest absolute Gasteiger partial charge is 0.330 e. The van der Waals surface area contributed by atoms with Crippen LogP contribution >= 0.6 is 15.9 Å². The zero-order valence-electron chi connectivity index (χ0n) is 8.48. The average molecular weight is 304 g/mol. The van der Waals surface area contributed by atoms with E-state index in [1.807, 2.05) is 5.32 Å². The van der Waals surface area contributed by atoms with Gasteiger partial charge >= 0.3 is 5.91 Å². The van der Waals surface area contributed by atoms with Crippen LogP contribution in [0, 0.1) is 0 Å². The molecule has 17 heavy (non-hydrogen) atoms. The molecule has 0 spiro atoms. The number of benzene rings is 1. The summed E-state index contributed by atoms with van der Waals surface area (Å²) in [6, 6.07) is 4.45. The van der Waals surface area contributed by atoms with Crippen LogP contribution in [0.1, 0.15) is 10.4 Å². The molecule has 0 saturated carbocycles. The van der Waals surface area contributed by atoms with E-state index < -0.39 is 17.7 Å². The number of nitrogens with one attached hydrogen (secondary N) is 1. The topological polar surface area (TPSA) is 131 Å². The summed E-state index contributed by atoms with van der Waals surface area (Å²) in [6.45, 7) is 0. The van der Waals surface area contributed by atoms with Crippen LogP contribution in [0.5, 0.6) is 5.75 Å². The van der Waals surface area contributed by atoms with Crippen LogP contribution in [0.25, 0.3) is 0 Å². The summed E-state index contributed by atoms with van der Waals surface area (Å²) in [5.41, 5.74) is 10.7. The molecule has 1 aliphatic heterocycles. The van der Waals surface area contributed by atoms with Gasteiger partial charge in [-0.15, -0.1) is 0 Å². The highest BCUT2D eigenvalue weighted by Crippen LogP contribution is 2.29. The monoisotopic (exact) mass is 303 g/mol. The average Bonchev–Trinajstić information content (AvgIpc) is 2.24. The van der Waals surface area contributed by atoms with E-state index in [2.05, 4.69) is 15.9 Å². The number of aliphatic hydroxyl groups is 2. The quantitative estimate of drug-likeness (QED) is 0.382. The molecule has 1 amide bonds. The fourth-order valence-electron chi connectivity index (χ4n) is 1.34. The zero-order chi connectivity index (χ0) is 12.8. The third-order valence-electron chi connectivity index (χ3n) is 2.30. The molecule has 0 aliphatic carbocycles. The van der Waals surface area contributed by atoms with Gasteiger partial charge in [-0.1, -0.05) is 15.9 Å². The van der Waals surface area contributed by atoms with E-state index in [1.165, 1.54) is 12.1 Å². The number of carbonyl (C=O) groups is 1. The van der Waals surface area contributed by atoms with Gasteiger partial charge in [0.05, 0.1) is 5.56 Å². The fourth-order valence-corrected chi connectivity index (χ4v) is 1.71. The number of hydrogen-bond donors (Lipinski definition) is 5. The minimum atomic E-state index is -2.64. The molecule has 2 unspecified atom stereocenters. The fraction of sp³-hybridized carbons (Fsp3) is 0.222. The zero-order valence-corrected chi connectivity index (χ0v) is 10.1. The van der Waals surface area contributed by atoms with Crippen molar-refractivity contribution >= 4 is 21.8 Å². The molecule has 1 aromatic carbocycles. The SMILES string of the molecule is NC1(O)NC(=O)c2cc(Br)ccc2OC1(N)O. The van der Waals surface area contributed by atoms with Crippen molar-refractivity contribution in [2.75, 3.05) is 0 Å². The van der Waals surface area contributed by atoms with Gasteiger partial charge in [-0.2, -0.15) is 0 Å². The molecule has 7 nitrogen and oxygen atoms in total. The van der Waals surface area contributed by atoms with Crippen molar-refractivity contribution in [3.8, 4) is 5.75 Å². The van der Waals surface area contributed by atoms with Gasteiger partial charge in [0.2, 0.25) is 0 Å². The van der Waals surface area contributed by atoms with Crippen LogP contribution in [0.3, 0.4) is 0 Å². The van der Waals surface area contributed by atoms with E-state index in [1.54, 1.807) is 6.07 Å². The largest absolute Gasteiger partial charge is 0.443 e. The first-order valence-electron chi connectivity index (χ1n) is 4.56. The van der Waals surface area contributed by atoms with Gasteiger partial charge in [0.15, 0.2) is 0 Å². The number of rotatable bonds is 0. The number of hydrogen-bond acceptors (Lipinski definition) is 6. The third kappa shape index (κ3) is 2.01. The molecule has 1 aliphatic rings. The van der Waals surface area contributed by atoms with Crippen molar-refractivity contribution < 1.29 is 19.7 Å². The molecule has 1 heterocycles. The highest BCUT2D eigenvalue weighted by Gasteiger charge is 2.51. The van der Waals surface area contributed by atoms with Crippen LogP contribution in [-0.2, 0) is 0 Å². The Labute approximate surface area is 104 Å². The molecule has 0 aromatic heterocycles. The summed E-state index contributed by atoms with van der Waals surface area (Å²) in [7, 11) is 0. The standard InChI is InChI=1S/C9H10BrN3O4/c10-4-1-2-6-5(3-4)7(14)13-8(11,15)9(12,16)17-6/h1-3,15-16H,11-12H2,(H,13,14). The summed E-state index contributed by atoms with van der Waals surface area (Å²) in [4.78, 5) is 11.7. The normalized spacial score (nSPS) is 32.2. The summed E-state index contributed by atoms with van der Waals surface area (Å²) in [6.07, 6.45) is 0. The third-order valence-corrected chi connectivity index (χ3v) is 2.80. The Bertz CT molecular complexity index is 489. The van der Waals surface area contributed by atoms with Gasteiger partial charge in [-0.3, -0.25) is 16.3 Å².